The maximum Gasteiger partial charge on any atom is 0.129 e. The first-order valence-electron chi connectivity index (χ1n) is 6.74. The summed E-state index contributed by atoms with van der Waals surface area (Å²) in [5, 5.41) is 0. The van der Waals surface area contributed by atoms with Crippen LogP contribution in [0.15, 0.2) is 12.1 Å². The fourth-order valence-electron chi connectivity index (χ4n) is 2.43. The van der Waals surface area contributed by atoms with E-state index in [2.05, 4.69) is 24.0 Å². The number of pyridine rings is 1. The molecule has 1 aliphatic heterocycles. The molecule has 0 aliphatic carbocycles. The molecule has 1 fully saturated rings. The molecule has 0 bridgehead atoms. The number of nitrogens with zero attached hydrogens (tertiary/aromatic N) is 2. The first-order chi connectivity index (χ1) is 8.76. The van der Waals surface area contributed by atoms with Crippen LogP contribution in [-0.2, 0) is 17.7 Å². The molecule has 0 radical (unpaired) electrons. The van der Waals surface area contributed by atoms with Gasteiger partial charge >= 0.3 is 0 Å². The third-order valence-corrected chi connectivity index (χ3v) is 3.47. The molecule has 0 aromatic carbocycles. The van der Waals surface area contributed by atoms with Crippen LogP contribution in [0.3, 0.4) is 0 Å². The summed E-state index contributed by atoms with van der Waals surface area (Å²) >= 11 is 0. The van der Waals surface area contributed by atoms with E-state index >= 15 is 0 Å². The Morgan fingerprint density at radius 3 is 2.94 bits per heavy atom. The highest BCUT2D eigenvalue weighted by Crippen LogP contribution is 2.22. The van der Waals surface area contributed by atoms with Crippen molar-refractivity contribution in [1.82, 2.24) is 4.98 Å². The molecule has 2 N–H and O–H groups in total. The standard InChI is InChI=1S/C14H23N3O/c1-3-4-12-7-11(9-15)8-14(16-12)17-6-5-13(10-17)18-2/h7-8,13H,3-6,9-10,15H2,1-2H3. The first kappa shape index (κ1) is 13.3. The lowest BCUT2D eigenvalue weighted by Gasteiger charge is -2.19. The van der Waals surface area contributed by atoms with E-state index in [-0.39, 0.29) is 0 Å². The molecule has 4 nitrogen and oxygen atoms in total. The minimum absolute atomic E-state index is 0.336. The van der Waals surface area contributed by atoms with Gasteiger partial charge in [-0.15, -0.1) is 0 Å². The Bertz CT molecular complexity index is 395. The summed E-state index contributed by atoms with van der Waals surface area (Å²) in [6.07, 6.45) is 3.54. The van der Waals surface area contributed by atoms with Gasteiger partial charge in [0, 0.05) is 32.4 Å². The molecule has 18 heavy (non-hydrogen) atoms. The summed E-state index contributed by atoms with van der Waals surface area (Å²) in [6.45, 7) is 4.70. The number of aryl methyl sites for hydroxylation is 1. The maximum atomic E-state index is 5.76. The van der Waals surface area contributed by atoms with Crippen LogP contribution >= 0.6 is 0 Å². The molecule has 1 aromatic heterocycles. The van der Waals surface area contributed by atoms with E-state index in [9.17, 15) is 0 Å². The van der Waals surface area contributed by atoms with Crippen molar-refractivity contribution in [2.24, 2.45) is 5.73 Å². The van der Waals surface area contributed by atoms with Gasteiger partial charge < -0.3 is 15.4 Å². The minimum atomic E-state index is 0.336. The zero-order valence-corrected chi connectivity index (χ0v) is 11.4. The predicted molar refractivity (Wildman–Crippen MR) is 73.8 cm³/mol. The third-order valence-electron chi connectivity index (χ3n) is 3.47. The van der Waals surface area contributed by atoms with Crippen LogP contribution in [0.25, 0.3) is 0 Å². The lowest BCUT2D eigenvalue weighted by Crippen LogP contribution is -2.23. The lowest BCUT2D eigenvalue weighted by atomic mass is 10.1. The van der Waals surface area contributed by atoms with Gasteiger partial charge in [-0.1, -0.05) is 13.3 Å². The van der Waals surface area contributed by atoms with Crippen molar-refractivity contribution in [3.05, 3.63) is 23.4 Å². The predicted octanol–water partition coefficient (Wildman–Crippen LogP) is 1.72. The van der Waals surface area contributed by atoms with E-state index in [1.165, 1.54) is 5.56 Å². The van der Waals surface area contributed by atoms with Gasteiger partial charge in [0.2, 0.25) is 0 Å². The fourth-order valence-corrected chi connectivity index (χ4v) is 2.43. The van der Waals surface area contributed by atoms with Gasteiger partial charge in [-0.2, -0.15) is 0 Å². The molecule has 4 heteroatoms. The second kappa shape index (κ2) is 6.16. The minimum Gasteiger partial charge on any atom is -0.380 e. The van der Waals surface area contributed by atoms with E-state index in [0.29, 0.717) is 12.6 Å². The average Bonchev–Trinajstić information content (AvgIpc) is 2.87. The quantitative estimate of drug-likeness (QED) is 0.863. The van der Waals surface area contributed by atoms with Gasteiger partial charge in [-0.05, 0) is 30.5 Å². The lowest BCUT2D eigenvalue weighted by molar-refractivity contribution is 0.121. The van der Waals surface area contributed by atoms with Crippen LogP contribution in [0, 0.1) is 0 Å². The summed E-state index contributed by atoms with van der Waals surface area (Å²) in [7, 11) is 1.78. The van der Waals surface area contributed by atoms with Gasteiger partial charge in [-0.25, -0.2) is 4.98 Å². The summed E-state index contributed by atoms with van der Waals surface area (Å²) in [5.41, 5.74) is 8.08. The highest BCUT2D eigenvalue weighted by atomic mass is 16.5. The number of ether oxygens (including phenoxy) is 1. The van der Waals surface area contributed by atoms with Crippen molar-refractivity contribution in [2.45, 2.75) is 38.8 Å². The molecule has 1 atom stereocenters. The molecule has 1 aliphatic rings. The Balaban J connectivity index is 2.18. The highest BCUT2D eigenvalue weighted by Gasteiger charge is 2.23. The molecule has 2 heterocycles. The smallest absolute Gasteiger partial charge is 0.129 e. The van der Waals surface area contributed by atoms with E-state index < -0.39 is 0 Å². The molecule has 100 valence electrons. The van der Waals surface area contributed by atoms with Gasteiger partial charge in [-0.3, -0.25) is 0 Å². The summed E-state index contributed by atoms with van der Waals surface area (Å²) in [5.74, 6) is 1.06. The number of anilines is 1. The highest BCUT2D eigenvalue weighted by molar-refractivity contribution is 5.44. The van der Waals surface area contributed by atoms with Crippen molar-refractivity contribution in [1.29, 1.82) is 0 Å². The van der Waals surface area contributed by atoms with Gasteiger partial charge in [0.05, 0.1) is 6.10 Å². The SMILES string of the molecule is CCCc1cc(CN)cc(N2CCC(OC)C2)n1. The van der Waals surface area contributed by atoms with E-state index in [0.717, 1.165) is 43.9 Å². The fraction of sp³-hybridized carbons (Fsp3) is 0.643. The molecule has 1 aromatic rings. The van der Waals surface area contributed by atoms with Gasteiger partial charge in [0.15, 0.2) is 0 Å². The molecule has 1 saturated heterocycles. The van der Waals surface area contributed by atoms with Crippen molar-refractivity contribution in [3.8, 4) is 0 Å². The summed E-state index contributed by atoms with van der Waals surface area (Å²) in [4.78, 5) is 7.03. The Hall–Kier alpha value is -1.13. The second-order valence-corrected chi connectivity index (χ2v) is 4.87. The Morgan fingerprint density at radius 1 is 1.50 bits per heavy atom. The molecule has 0 spiro atoms. The number of hydrogen-bond donors (Lipinski definition) is 1. The number of hydrogen-bond acceptors (Lipinski definition) is 4. The van der Waals surface area contributed by atoms with Crippen molar-refractivity contribution in [3.63, 3.8) is 0 Å². The van der Waals surface area contributed by atoms with E-state index in [1.807, 2.05) is 0 Å². The molecule has 0 saturated carbocycles. The van der Waals surface area contributed by atoms with Crippen molar-refractivity contribution >= 4 is 5.82 Å². The van der Waals surface area contributed by atoms with Crippen LogP contribution in [0.2, 0.25) is 0 Å². The maximum absolute atomic E-state index is 5.76. The van der Waals surface area contributed by atoms with Crippen molar-refractivity contribution < 1.29 is 4.74 Å². The normalized spacial score (nSPS) is 19.5. The molecule has 2 rings (SSSR count). The molecule has 0 amide bonds. The Labute approximate surface area is 109 Å². The zero-order valence-electron chi connectivity index (χ0n) is 11.4. The zero-order chi connectivity index (χ0) is 13.0. The number of nitrogens with two attached hydrogens (primary N) is 1. The van der Waals surface area contributed by atoms with Crippen LogP contribution in [-0.4, -0.2) is 31.3 Å². The summed E-state index contributed by atoms with van der Waals surface area (Å²) < 4.78 is 5.40. The largest absolute Gasteiger partial charge is 0.380 e. The first-order valence-corrected chi connectivity index (χ1v) is 6.74. The topological polar surface area (TPSA) is 51.4 Å². The monoisotopic (exact) mass is 249 g/mol. The molecular formula is C14H23N3O. The Morgan fingerprint density at radius 2 is 2.33 bits per heavy atom. The van der Waals surface area contributed by atoms with Crippen molar-refractivity contribution in [2.75, 3.05) is 25.1 Å². The second-order valence-electron chi connectivity index (χ2n) is 4.87. The van der Waals surface area contributed by atoms with Crippen LogP contribution in [0.5, 0.6) is 0 Å². The Kier molecular flexibility index (Phi) is 4.55. The van der Waals surface area contributed by atoms with Gasteiger partial charge in [0.1, 0.15) is 5.82 Å². The number of rotatable bonds is 5. The number of methoxy groups -OCH3 is 1. The molecular weight excluding hydrogens is 226 g/mol. The van der Waals surface area contributed by atoms with Crippen LogP contribution in [0.4, 0.5) is 5.82 Å². The van der Waals surface area contributed by atoms with Crippen LogP contribution < -0.4 is 10.6 Å². The molecule has 1 unspecified atom stereocenters. The summed E-state index contributed by atoms with van der Waals surface area (Å²) in [6, 6.07) is 4.23. The average molecular weight is 249 g/mol. The van der Waals surface area contributed by atoms with Gasteiger partial charge in [0.25, 0.3) is 0 Å². The van der Waals surface area contributed by atoms with E-state index in [4.69, 9.17) is 15.5 Å². The van der Waals surface area contributed by atoms with E-state index in [1.54, 1.807) is 7.11 Å². The van der Waals surface area contributed by atoms with Crippen LogP contribution in [0.1, 0.15) is 31.0 Å². The third kappa shape index (κ3) is 3.00. The number of aromatic nitrogens is 1.